The van der Waals surface area contributed by atoms with E-state index in [2.05, 4.69) is 16.5 Å². The Morgan fingerprint density at radius 3 is 2.00 bits per heavy atom. The third-order valence-corrected chi connectivity index (χ3v) is 0.940. The predicted octanol–water partition coefficient (Wildman–Crippen LogP) is -2.78. The normalized spacial score (nSPS) is 12.3. The maximum absolute atomic E-state index is 9.06. The molecule has 0 aliphatic carbocycles. The Hall–Kier alpha value is 2.94. The minimum atomic E-state index is -1.38. The van der Waals surface area contributed by atoms with Gasteiger partial charge in [0.05, 0.1) is 0 Å². The van der Waals surface area contributed by atoms with Crippen LogP contribution < -0.4 is 56.6 Å². The van der Waals surface area contributed by atoms with Crippen LogP contribution in [0.2, 0.25) is 0 Å². The maximum Gasteiger partial charge on any atom is 1.00 e. The van der Waals surface area contributed by atoms with Gasteiger partial charge in [-0.15, -0.1) is 0 Å². The average molecular weight is 262 g/mol. The van der Waals surface area contributed by atoms with Crippen LogP contribution in [0.5, 0.6) is 0 Å². The molecule has 0 bridgehead atoms. The quantitative estimate of drug-likeness (QED) is 0.168. The molecule has 0 saturated carbocycles. The fourth-order valence-corrected chi connectivity index (χ4v) is 0. The zero-order valence-electron chi connectivity index (χ0n) is 3.10. The Morgan fingerprint density at radius 2 is 2.00 bits per heavy atom. The predicted molar refractivity (Wildman–Crippen MR) is 30.8 cm³/mol. The summed E-state index contributed by atoms with van der Waals surface area (Å²) in [5, 5.41) is 9.06. The van der Waals surface area contributed by atoms with Gasteiger partial charge >= 0.3 is 51.4 Å². The van der Waals surface area contributed by atoms with Gasteiger partial charge in [0.1, 0.15) is 4.57 Å². The van der Waals surface area contributed by atoms with E-state index in [1.165, 1.54) is 0 Å². The third kappa shape index (κ3) is 10.0. The van der Waals surface area contributed by atoms with Crippen molar-refractivity contribution in [2.45, 2.75) is 0 Å². The van der Waals surface area contributed by atoms with Crippen LogP contribution in [0.1, 0.15) is 0 Å². The van der Waals surface area contributed by atoms with Gasteiger partial charge in [0.15, 0.2) is 0 Å². The molecule has 0 N–H and O–H groups in total. The summed E-state index contributed by atoms with van der Waals surface area (Å²) in [6, 6.07) is 0. The van der Waals surface area contributed by atoms with Crippen LogP contribution in [0.3, 0.4) is 0 Å². The molecular weight excluding hydrogens is 261 g/mol. The molecule has 0 spiro atoms. The number of halogens is 1. The van der Waals surface area contributed by atoms with Gasteiger partial charge in [0.2, 0.25) is 0 Å². The van der Waals surface area contributed by atoms with Crippen molar-refractivity contribution < 1.29 is 61.3 Å². The van der Waals surface area contributed by atoms with Gasteiger partial charge in [0.25, 0.3) is 0 Å². The second-order valence-electron chi connectivity index (χ2n) is 0.321. The van der Waals surface area contributed by atoms with Crippen LogP contribution in [0.15, 0.2) is 0 Å². The van der Waals surface area contributed by atoms with Gasteiger partial charge in [-0.25, -0.2) is 0 Å². The summed E-state index contributed by atoms with van der Waals surface area (Å²) in [4.78, 5) is 0. The van der Waals surface area contributed by atoms with E-state index in [1.54, 1.807) is 22.0 Å². The zero-order valence-corrected chi connectivity index (χ0v) is 10.2. The molecule has 0 aliphatic rings. The summed E-state index contributed by atoms with van der Waals surface area (Å²) in [7, 11) is 0. The van der Waals surface area contributed by atoms with Crippen LogP contribution in [-0.2, 0) is 16.5 Å². The van der Waals surface area contributed by atoms with Gasteiger partial charge in [-0.05, 0) is 22.0 Å². The number of hydrogen-bond donors (Lipinski definition) is 0. The van der Waals surface area contributed by atoms with Gasteiger partial charge in [-0.1, -0.05) is 11.8 Å². The van der Waals surface area contributed by atoms with E-state index in [9.17, 15) is 0 Å². The fraction of sp³-hybridized carbons (Fsp3) is 0. The number of hydrogen-bond acceptors (Lipinski definition) is 3. The molecule has 0 saturated heterocycles. The molecule has 1 unspecified atom stereocenters. The van der Waals surface area contributed by atoms with Crippen molar-refractivity contribution in [3.63, 3.8) is 0 Å². The molecule has 1 atom stereocenters. The van der Waals surface area contributed by atoms with Crippen LogP contribution in [0.25, 0.3) is 0 Å². The van der Waals surface area contributed by atoms with E-state index >= 15 is 0 Å². The van der Waals surface area contributed by atoms with Gasteiger partial charge < -0.3 is 9.93 Å². The maximum atomic E-state index is 9.06. The largest absolute Gasteiger partial charge is 1.00 e. The van der Waals surface area contributed by atoms with Gasteiger partial charge in [-0.2, -0.15) is 0 Å². The van der Waals surface area contributed by atoms with E-state index in [0.29, 0.717) is 0 Å². The van der Waals surface area contributed by atoms with Crippen molar-refractivity contribution in [2.24, 2.45) is 0 Å². The molecule has 0 aromatic heterocycles. The summed E-state index contributed by atoms with van der Waals surface area (Å²) in [6.07, 6.45) is 0. The average Bonchev–Trinajstić information content (AvgIpc) is 1.38. The molecule has 6 heavy (non-hydrogen) atoms. The molecule has 0 aromatic rings. The SMILES string of the molecule is [K+].[O-]O[PH](=S)I. The molecule has 0 aromatic carbocycles. The van der Waals surface area contributed by atoms with Crippen molar-refractivity contribution in [3.8, 4) is 0 Å². The van der Waals surface area contributed by atoms with Crippen molar-refractivity contribution in [1.82, 2.24) is 0 Å². The Labute approximate surface area is 97.4 Å². The smallest absolute Gasteiger partial charge is 0.719 e. The Kier molecular flexibility index (Phi) is 15.5. The molecule has 0 heterocycles. The van der Waals surface area contributed by atoms with Crippen LogP contribution in [0.4, 0.5) is 0 Å². The fourth-order valence-electron chi connectivity index (χ4n) is 0. The summed E-state index contributed by atoms with van der Waals surface area (Å²) in [5.41, 5.74) is 0. The monoisotopic (exact) mass is 262 g/mol. The Morgan fingerprint density at radius 1 is 1.83 bits per heavy atom. The standard InChI is InChI=1S/H2IO2PS.K/c1-4(5)3-2;/h2,4H;/q;+1/p-1. The van der Waals surface area contributed by atoms with Crippen molar-refractivity contribution in [3.05, 3.63) is 0 Å². The van der Waals surface area contributed by atoms with Gasteiger partial charge in [-0.3, -0.25) is 0 Å². The summed E-state index contributed by atoms with van der Waals surface area (Å²) >= 11 is 6.12. The first-order chi connectivity index (χ1) is 2.27. The van der Waals surface area contributed by atoms with Crippen LogP contribution >= 0.6 is 26.6 Å². The Bertz CT molecular complexity index is 48.8. The molecule has 0 amide bonds. The van der Waals surface area contributed by atoms with E-state index in [0.717, 1.165) is 0 Å². The molecule has 0 radical (unpaired) electrons. The summed E-state index contributed by atoms with van der Waals surface area (Å²) < 4.78 is 2.03. The third-order valence-electron chi connectivity index (χ3n) is 0.0655. The molecule has 0 fully saturated rings. The molecule has 32 valence electrons. The molecule has 0 rings (SSSR count). The van der Waals surface area contributed by atoms with Crippen LogP contribution in [-0.4, -0.2) is 0 Å². The summed E-state index contributed by atoms with van der Waals surface area (Å²) in [5.74, 6) is 0. The van der Waals surface area contributed by atoms with E-state index in [4.69, 9.17) is 5.26 Å². The molecule has 2 nitrogen and oxygen atoms in total. The van der Waals surface area contributed by atoms with E-state index < -0.39 is 4.57 Å². The molecular formula is HIKO2PS. The van der Waals surface area contributed by atoms with Gasteiger partial charge in [0, 0.05) is 0 Å². The first kappa shape index (κ1) is 11.7. The minimum Gasteiger partial charge on any atom is -0.719 e. The molecule has 0 aliphatic heterocycles. The Balaban J connectivity index is 0. The minimum absolute atomic E-state index is 0. The molecule has 6 heteroatoms. The van der Waals surface area contributed by atoms with E-state index in [1.807, 2.05) is 0 Å². The van der Waals surface area contributed by atoms with Crippen molar-refractivity contribution in [2.75, 3.05) is 0 Å². The number of rotatable bonds is 1. The summed E-state index contributed by atoms with van der Waals surface area (Å²) in [6.45, 7) is 0. The second-order valence-corrected chi connectivity index (χ2v) is 7.21. The van der Waals surface area contributed by atoms with Crippen LogP contribution in [0, 0.1) is 0 Å². The van der Waals surface area contributed by atoms with E-state index in [-0.39, 0.29) is 51.4 Å². The second kappa shape index (κ2) is 7.94. The van der Waals surface area contributed by atoms with Crippen molar-refractivity contribution >= 4 is 38.4 Å². The first-order valence-electron chi connectivity index (χ1n) is 0.764. The topological polar surface area (TPSA) is 32.3 Å². The van der Waals surface area contributed by atoms with Crippen molar-refractivity contribution in [1.29, 1.82) is 0 Å². The zero-order chi connectivity index (χ0) is 4.28. The first-order valence-corrected chi connectivity index (χ1v) is 6.42.